The fourth-order valence-electron chi connectivity index (χ4n) is 7.98. The Balaban J connectivity index is 1.64. The standard InChI is InChI=1S/C41H67FN2O3/c1-12-15-31-19-21-32(22-20-31)18-17-30(3)37(47-25-24-46-35-28-40(8,9)44-41(10,11)29-35)36(42)33(13-2)16-14-23-45-34-26-38(4,5)43-39(6,7)27-34/h13,19-22,34-35,43-44H,3,12,14-18,23-29H2,1-2,4-11H3/b33-13-,37-36-. The van der Waals surface area contributed by atoms with Crippen LogP contribution in [0.4, 0.5) is 4.39 Å². The average molecular weight is 655 g/mol. The summed E-state index contributed by atoms with van der Waals surface area (Å²) in [7, 11) is 0. The molecule has 1 aromatic rings. The first-order chi connectivity index (χ1) is 21.9. The van der Waals surface area contributed by atoms with Gasteiger partial charge in [0.05, 0.1) is 18.8 Å². The highest BCUT2D eigenvalue weighted by Crippen LogP contribution is 2.33. The molecule has 0 saturated carbocycles. The molecule has 2 N–H and O–H groups in total. The van der Waals surface area contributed by atoms with Crippen molar-refractivity contribution in [2.75, 3.05) is 19.8 Å². The van der Waals surface area contributed by atoms with Crippen LogP contribution in [0, 0.1) is 0 Å². The molecule has 2 saturated heterocycles. The predicted octanol–water partition coefficient (Wildman–Crippen LogP) is 9.70. The van der Waals surface area contributed by atoms with E-state index in [4.69, 9.17) is 14.2 Å². The molecule has 2 fully saturated rings. The molecule has 0 amide bonds. The third-order valence-corrected chi connectivity index (χ3v) is 9.36. The topological polar surface area (TPSA) is 51.8 Å². The van der Waals surface area contributed by atoms with Crippen LogP contribution >= 0.6 is 0 Å². The van der Waals surface area contributed by atoms with Crippen LogP contribution in [0.15, 0.2) is 59.7 Å². The van der Waals surface area contributed by atoms with Crippen molar-refractivity contribution in [1.29, 1.82) is 0 Å². The molecular weight excluding hydrogens is 587 g/mol. The lowest BCUT2D eigenvalue weighted by Crippen LogP contribution is -2.59. The third-order valence-electron chi connectivity index (χ3n) is 9.36. The molecule has 0 radical (unpaired) electrons. The van der Waals surface area contributed by atoms with E-state index >= 15 is 4.39 Å². The molecule has 0 aromatic heterocycles. The Morgan fingerprint density at radius 2 is 1.23 bits per heavy atom. The zero-order chi connectivity index (χ0) is 34.9. The van der Waals surface area contributed by atoms with Gasteiger partial charge in [0.15, 0.2) is 11.6 Å². The number of ether oxygens (including phenoxy) is 3. The molecular formula is C41H67FN2O3. The normalized spacial score (nSPS) is 21.7. The van der Waals surface area contributed by atoms with E-state index in [1.54, 1.807) is 0 Å². The second-order valence-corrected chi connectivity index (χ2v) is 16.7. The van der Waals surface area contributed by atoms with Gasteiger partial charge in [0.25, 0.3) is 0 Å². The molecule has 5 nitrogen and oxygen atoms in total. The molecule has 0 spiro atoms. The molecule has 0 unspecified atom stereocenters. The molecule has 0 atom stereocenters. The van der Waals surface area contributed by atoms with Gasteiger partial charge in [-0.15, -0.1) is 0 Å². The fourth-order valence-corrected chi connectivity index (χ4v) is 7.98. The van der Waals surface area contributed by atoms with E-state index in [-0.39, 0.29) is 52.6 Å². The second kappa shape index (κ2) is 17.1. The minimum atomic E-state index is -0.316. The summed E-state index contributed by atoms with van der Waals surface area (Å²) in [5.74, 6) is -0.0536. The van der Waals surface area contributed by atoms with E-state index in [1.807, 2.05) is 13.0 Å². The lowest BCUT2D eigenvalue weighted by atomic mass is 9.81. The first kappa shape index (κ1) is 39.4. The Hall–Kier alpha value is -1.99. The molecule has 3 rings (SSSR count). The molecule has 266 valence electrons. The van der Waals surface area contributed by atoms with Crippen molar-refractivity contribution in [3.8, 4) is 0 Å². The van der Waals surface area contributed by atoms with Gasteiger partial charge in [-0.25, -0.2) is 4.39 Å². The van der Waals surface area contributed by atoms with Crippen molar-refractivity contribution < 1.29 is 18.6 Å². The number of hydrogen-bond acceptors (Lipinski definition) is 5. The molecule has 2 heterocycles. The molecule has 0 aliphatic carbocycles. The minimum Gasteiger partial charge on any atom is -0.488 e. The summed E-state index contributed by atoms with van der Waals surface area (Å²) in [6, 6.07) is 8.75. The lowest BCUT2D eigenvalue weighted by molar-refractivity contribution is -0.0365. The number of rotatable bonds is 17. The number of nitrogens with one attached hydrogen (secondary N) is 2. The summed E-state index contributed by atoms with van der Waals surface area (Å²) >= 11 is 0. The summed E-state index contributed by atoms with van der Waals surface area (Å²) in [4.78, 5) is 0. The second-order valence-electron chi connectivity index (χ2n) is 16.7. The molecule has 6 heteroatoms. The predicted molar refractivity (Wildman–Crippen MR) is 196 cm³/mol. The number of allylic oxidation sites excluding steroid dienone is 4. The van der Waals surface area contributed by atoms with Crippen molar-refractivity contribution in [2.45, 2.75) is 168 Å². The minimum absolute atomic E-state index is 0.00169. The van der Waals surface area contributed by atoms with Crippen LogP contribution < -0.4 is 10.6 Å². The van der Waals surface area contributed by atoms with E-state index in [1.165, 1.54) is 11.1 Å². The summed E-state index contributed by atoms with van der Waals surface area (Å²) < 4.78 is 35.2. The number of piperidine rings is 2. The first-order valence-corrected chi connectivity index (χ1v) is 18.2. The largest absolute Gasteiger partial charge is 0.488 e. The van der Waals surface area contributed by atoms with Gasteiger partial charge in [-0.2, -0.15) is 0 Å². The smallest absolute Gasteiger partial charge is 0.168 e. The van der Waals surface area contributed by atoms with Crippen molar-refractivity contribution in [2.24, 2.45) is 0 Å². The Kier molecular flexibility index (Phi) is 14.3. The van der Waals surface area contributed by atoms with Crippen LogP contribution in [0.25, 0.3) is 0 Å². The first-order valence-electron chi connectivity index (χ1n) is 18.2. The Labute approximate surface area is 287 Å². The number of aryl methyl sites for hydroxylation is 2. The molecule has 2 aliphatic heterocycles. The molecule has 0 bridgehead atoms. The SMILES string of the molecule is C=C(CCc1ccc(CCC)cc1)/C(OCCOC1CC(C)(C)NC(C)(C)C1)=C(F)\C(=C/C)CCCOC1CC(C)(C)NC(C)(C)C1. The Morgan fingerprint density at radius 3 is 1.70 bits per heavy atom. The summed E-state index contributed by atoms with van der Waals surface area (Å²) in [5.41, 5.74) is 3.95. The third kappa shape index (κ3) is 13.4. The van der Waals surface area contributed by atoms with Crippen LogP contribution in [0.1, 0.15) is 132 Å². The van der Waals surface area contributed by atoms with Crippen LogP contribution in [0.2, 0.25) is 0 Å². The van der Waals surface area contributed by atoms with Crippen molar-refractivity contribution in [3.63, 3.8) is 0 Å². The van der Waals surface area contributed by atoms with E-state index in [9.17, 15) is 0 Å². The van der Waals surface area contributed by atoms with E-state index in [0.717, 1.165) is 51.4 Å². The summed E-state index contributed by atoms with van der Waals surface area (Å²) in [6.07, 6.45) is 10.9. The maximum absolute atomic E-state index is 16.3. The number of benzene rings is 1. The average Bonchev–Trinajstić information content (AvgIpc) is 2.93. The zero-order valence-electron chi connectivity index (χ0n) is 31.5. The van der Waals surface area contributed by atoms with Gasteiger partial charge in [-0.1, -0.05) is 50.3 Å². The highest BCUT2D eigenvalue weighted by molar-refractivity contribution is 5.37. The maximum atomic E-state index is 16.3. The van der Waals surface area contributed by atoms with Crippen LogP contribution in [0.3, 0.4) is 0 Å². The molecule has 2 aliphatic rings. The van der Waals surface area contributed by atoms with Crippen LogP contribution in [-0.2, 0) is 27.1 Å². The summed E-state index contributed by atoms with van der Waals surface area (Å²) in [6.45, 7) is 27.5. The van der Waals surface area contributed by atoms with Crippen molar-refractivity contribution >= 4 is 0 Å². The fraction of sp³-hybridized carbons (Fsp3) is 0.707. The van der Waals surface area contributed by atoms with Crippen LogP contribution in [-0.4, -0.2) is 54.2 Å². The summed E-state index contributed by atoms with van der Waals surface area (Å²) in [5, 5.41) is 7.42. The monoisotopic (exact) mass is 655 g/mol. The molecule has 1 aromatic carbocycles. The highest BCUT2D eigenvalue weighted by atomic mass is 19.1. The quantitative estimate of drug-likeness (QED) is 0.0995. The van der Waals surface area contributed by atoms with E-state index in [2.05, 4.69) is 104 Å². The zero-order valence-corrected chi connectivity index (χ0v) is 31.5. The van der Waals surface area contributed by atoms with Gasteiger partial charge in [0.1, 0.15) is 6.61 Å². The Morgan fingerprint density at radius 1 is 0.766 bits per heavy atom. The van der Waals surface area contributed by atoms with Gasteiger partial charge in [0, 0.05) is 28.8 Å². The Bertz CT molecular complexity index is 1180. The highest BCUT2D eigenvalue weighted by Gasteiger charge is 2.39. The maximum Gasteiger partial charge on any atom is 0.168 e. The van der Waals surface area contributed by atoms with Crippen molar-refractivity contribution in [1.82, 2.24) is 10.6 Å². The van der Waals surface area contributed by atoms with Gasteiger partial charge < -0.3 is 24.8 Å². The van der Waals surface area contributed by atoms with E-state index in [0.29, 0.717) is 37.2 Å². The number of hydrogen-bond donors (Lipinski definition) is 2. The van der Waals surface area contributed by atoms with Gasteiger partial charge in [-0.3, -0.25) is 0 Å². The van der Waals surface area contributed by atoms with Crippen LogP contribution in [0.5, 0.6) is 0 Å². The van der Waals surface area contributed by atoms with Gasteiger partial charge >= 0.3 is 0 Å². The van der Waals surface area contributed by atoms with E-state index < -0.39 is 0 Å². The van der Waals surface area contributed by atoms with Crippen molar-refractivity contribution in [3.05, 3.63) is 70.8 Å². The van der Waals surface area contributed by atoms with Gasteiger partial charge in [0.2, 0.25) is 0 Å². The lowest BCUT2D eigenvalue weighted by Gasteiger charge is -2.46. The van der Waals surface area contributed by atoms with Gasteiger partial charge in [-0.05, 0) is 142 Å². The molecule has 47 heavy (non-hydrogen) atoms. The number of halogens is 1.